The summed E-state index contributed by atoms with van der Waals surface area (Å²) in [5, 5.41) is 5.53. The molecule has 10 heteroatoms. The third-order valence-corrected chi connectivity index (χ3v) is 5.06. The maximum atomic E-state index is 11.9. The highest BCUT2D eigenvalue weighted by Crippen LogP contribution is 2.25. The summed E-state index contributed by atoms with van der Waals surface area (Å²) in [6.07, 6.45) is 1.18. The maximum Gasteiger partial charge on any atom is 0.226 e. The summed E-state index contributed by atoms with van der Waals surface area (Å²) in [4.78, 5) is 19.3. The predicted octanol–water partition coefficient (Wildman–Crippen LogP) is 0.499. The first-order valence-corrected chi connectivity index (χ1v) is 8.35. The van der Waals surface area contributed by atoms with E-state index in [2.05, 4.69) is 20.6 Å². The molecule has 7 nitrogen and oxygen atoms in total. The quantitative estimate of drug-likeness (QED) is 0.778. The molecule has 2 N–H and O–H groups in total. The lowest BCUT2D eigenvalue weighted by Crippen LogP contribution is -2.46. The Hall–Kier alpha value is -0.960. The zero-order chi connectivity index (χ0) is 14.8. The number of amides is 1. The summed E-state index contributed by atoms with van der Waals surface area (Å²) in [6, 6.07) is -0.420. The molecule has 0 saturated carbocycles. The van der Waals surface area contributed by atoms with Gasteiger partial charge in [-0.2, -0.15) is 0 Å². The molecule has 20 heavy (non-hydrogen) atoms. The van der Waals surface area contributed by atoms with Crippen LogP contribution in [0.5, 0.6) is 0 Å². The highest BCUT2D eigenvalue weighted by atomic mass is 35.5. The minimum absolute atomic E-state index is 0.000776. The summed E-state index contributed by atoms with van der Waals surface area (Å²) in [5.41, 5.74) is 0.125. The summed E-state index contributed by atoms with van der Waals surface area (Å²) >= 11 is 11.6. The molecule has 0 aliphatic carbocycles. The van der Waals surface area contributed by atoms with Gasteiger partial charge in [-0.05, 0) is 0 Å². The van der Waals surface area contributed by atoms with Gasteiger partial charge in [0.1, 0.15) is 12.0 Å². The second-order valence-electron chi connectivity index (χ2n) is 4.35. The van der Waals surface area contributed by atoms with E-state index in [-0.39, 0.29) is 33.9 Å². The highest BCUT2D eigenvalue weighted by Gasteiger charge is 2.26. The molecule has 2 heterocycles. The molecule has 1 aliphatic heterocycles. The molecule has 1 aromatic rings. The van der Waals surface area contributed by atoms with Gasteiger partial charge in [-0.3, -0.25) is 4.79 Å². The maximum absolute atomic E-state index is 11.9. The molecule has 0 bridgehead atoms. The van der Waals surface area contributed by atoms with E-state index >= 15 is 0 Å². The van der Waals surface area contributed by atoms with Crippen LogP contribution < -0.4 is 10.6 Å². The SMILES string of the molecule is O=C(CC1CS(=O)(=O)CCN1)Nc1c(Cl)ncnc1Cl. The molecular formula is C10H12Cl2N4O3S. The largest absolute Gasteiger partial charge is 0.321 e. The lowest BCUT2D eigenvalue weighted by Gasteiger charge is -2.23. The van der Waals surface area contributed by atoms with Crippen molar-refractivity contribution >= 4 is 44.6 Å². The normalized spacial score (nSPS) is 21.4. The summed E-state index contributed by atoms with van der Waals surface area (Å²) in [7, 11) is -3.09. The van der Waals surface area contributed by atoms with E-state index in [4.69, 9.17) is 23.2 Å². The molecule has 1 aromatic heterocycles. The number of rotatable bonds is 3. The van der Waals surface area contributed by atoms with Crippen molar-refractivity contribution in [3.8, 4) is 0 Å². The van der Waals surface area contributed by atoms with Crippen molar-refractivity contribution in [1.29, 1.82) is 0 Å². The second-order valence-corrected chi connectivity index (χ2v) is 7.29. The number of sulfone groups is 1. The van der Waals surface area contributed by atoms with Crippen LogP contribution in [0.3, 0.4) is 0 Å². The van der Waals surface area contributed by atoms with Crippen LogP contribution in [-0.2, 0) is 14.6 Å². The van der Waals surface area contributed by atoms with Crippen LogP contribution in [0.4, 0.5) is 5.69 Å². The number of carbonyl (C=O) groups excluding carboxylic acids is 1. The average Bonchev–Trinajstić information content (AvgIpc) is 2.33. The molecule has 1 unspecified atom stereocenters. The van der Waals surface area contributed by atoms with Crippen LogP contribution in [0.15, 0.2) is 6.33 Å². The number of nitrogens with zero attached hydrogens (tertiary/aromatic N) is 2. The standard InChI is InChI=1S/C10H12Cl2N4O3S/c11-9-8(10(12)15-5-14-9)16-7(17)3-6-4-20(18,19)2-1-13-6/h5-6,13H,1-4H2,(H,16,17). The number of carbonyl (C=O) groups is 1. The molecule has 1 atom stereocenters. The van der Waals surface area contributed by atoms with Crippen molar-refractivity contribution in [2.24, 2.45) is 0 Å². The van der Waals surface area contributed by atoms with Gasteiger partial charge in [-0.25, -0.2) is 18.4 Å². The number of halogens is 2. The van der Waals surface area contributed by atoms with Crippen molar-refractivity contribution in [1.82, 2.24) is 15.3 Å². The van der Waals surface area contributed by atoms with E-state index in [1.165, 1.54) is 6.33 Å². The van der Waals surface area contributed by atoms with Crippen LogP contribution in [0.25, 0.3) is 0 Å². The van der Waals surface area contributed by atoms with Crippen molar-refractivity contribution in [3.63, 3.8) is 0 Å². The van der Waals surface area contributed by atoms with Gasteiger partial charge in [-0.1, -0.05) is 23.2 Å². The van der Waals surface area contributed by atoms with Crippen LogP contribution in [0.1, 0.15) is 6.42 Å². The lowest BCUT2D eigenvalue weighted by atomic mass is 10.2. The minimum atomic E-state index is -3.09. The zero-order valence-electron chi connectivity index (χ0n) is 10.3. The minimum Gasteiger partial charge on any atom is -0.321 e. The van der Waals surface area contributed by atoms with Gasteiger partial charge in [0.15, 0.2) is 20.1 Å². The number of hydrogen-bond acceptors (Lipinski definition) is 6. The van der Waals surface area contributed by atoms with Gasteiger partial charge < -0.3 is 10.6 Å². The number of hydrogen-bond donors (Lipinski definition) is 2. The Balaban J connectivity index is 1.99. The smallest absolute Gasteiger partial charge is 0.226 e. The van der Waals surface area contributed by atoms with Crippen LogP contribution in [0.2, 0.25) is 10.3 Å². The first kappa shape index (κ1) is 15.4. The van der Waals surface area contributed by atoms with E-state index in [1.807, 2.05) is 0 Å². The fraction of sp³-hybridized carbons (Fsp3) is 0.500. The molecule has 1 aliphatic rings. The number of nitrogens with one attached hydrogen (secondary N) is 2. The Labute approximate surface area is 126 Å². The number of anilines is 1. The highest BCUT2D eigenvalue weighted by molar-refractivity contribution is 7.91. The molecule has 1 fully saturated rings. The first-order chi connectivity index (χ1) is 9.37. The van der Waals surface area contributed by atoms with Gasteiger partial charge in [0, 0.05) is 19.0 Å². The van der Waals surface area contributed by atoms with E-state index < -0.39 is 21.8 Å². The summed E-state index contributed by atoms with van der Waals surface area (Å²) < 4.78 is 23.0. The second kappa shape index (κ2) is 6.21. The Morgan fingerprint density at radius 1 is 1.40 bits per heavy atom. The average molecular weight is 339 g/mol. The van der Waals surface area contributed by atoms with Crippen LogP contribution >= 0.6 is 23.2 Å². The van der Waals surface area contributed by atoms with Crippen LogP contribution in [0, 0.1) is 0 Å². The molecular weight excluding hydrogens is 327 g/mol. The summed E-state index contributed by atoms with van der Waals surface area (Å²) in [6.45, 7) is 0.343. The van der Waals surface area contributed by atoms with E-state index in [0.29, 0.717) is 6.54 Å². The van der Waals surface area contributed by atoms with Gasteiger partial charge in [0.05, 0.1) is 11.5 Å². The monoisotopic (exact) mass is 338 g/mol. The van der Waals surface area contributed by atoms with Gasteiger partial charge in [0.25, 0.3) is 0 Å². The van der Waals surface area contributed by atoms with Crippen molar-refractivity contribution in [2.75, 3.05) is 23.4 Å². The van der Waals surface area contributed by atoms with E-state index in [1.54, 1.807) is 0 Å². The fourth-order valence-corrected chi connectivity index (χ4v) is 3.71. The molecule has 2 rings (SSSR count). The van der Waals surface area contributed by atoms with Gasteiger partial charge in [-0.15, -0.1) is 0 Å². The third-order valence-electron chi connectivity index (χ3n) is 2.75. The molecule has 0 aromatic carbocycles. The van der Waals surface area contributed by atoms with E-state index in [9.17, 15) is 13.2 Å². The molecule has 0 radical (unpaired) electrons. The molecule has 0 spiro atoms. The number of aromatic nitrogens is 2. The van der Waals surface area contributed by atoms with Gasteiger partial charge in [0.2, 0.25) is 5.91 Å². The molecule has 110 valence electrons. The lowest BCUT2D eigenvalue weighted by molar-refractivity contribution is -0.116. The molecule has 1 saturated heterocycles. The Bertz CT molecular complexity index is 603. The van der Waals surface area contributed by atoms with Crippen molar-refractivity contribution in [3.05, 3.63) is 16.6 Å². The van der Waals surface area contributed by atoms with Crippen molar-refractivity contribution < 1.29 is 13.2 Å². The van der Waals surface area contributed by atoms with E-state index in [0.717, 1.165) is 0 Å². The van der Waals surface area contributed by atoms with Gasteiger partial charge >= 0.3 is 0 Å². The Morgan fingerprint density at radius 3 is 2.65 bits per heavy atom. The van der Waals surface area contributed by atoms with Crippen LogP contribution in [-0.4, -0.2) is 48.4 Å². The predicted molar refractivity (Wildman–Crippen MR) is 75.7 cm³/mol. The molecule has 1 amide bonds. The zero-order valence-corrected chi connectivity index (χ0v) is 12.6. The topological polar surface area (TPSA) is 101 Å². The first-order valence-electron chi connectivity index (χ1n) is 5.77. The Kier molecular flexibility index (Phi) is 4.79. The third kappa shape index (κ3) is 4.02. The fourth-order valence-electron chi connectivity index (χ4n) is 1.86. The Morgan fingerprint density at radius 2 is 2.05 bits per heavy atom. The van der Waals surface area contributed by atoms with Crippen molar-refractivity contribution in [2.45, 2.75) is 12.5 Å². The summed E-state index contributed by atoms with van der Waals surface area (Å²) in [5.74, 6) is -0.374.